The van der Waals surface area contributed by atoms with Gasteiger partial charge in [0.15, 0.2) is 0 Å². The lowest BCUT2D eigenvalue weighted by molar-refractivity contribution is 0.558. The van der Waals surface area contributed by atoms with Crippen molar-refractivity contribution in [3.05, 3.63) is 34.3 Å². The minimum atomic E-state index is -3.48. The van der Waals surface area contributed by atoms with Crippen molar-refractivity contribution >= 4 is 35.7 Å². The summed E-state index contributed by atoms with van der Waals surface area (Å²) in [6.07, 6.45) is 0. The summed E-state index contributed by atoms with van der Waals surface area (Å²) in [7, 11) is 1.78. The normalized spacial score (nSPS) is 12.8. The second-order valence-electron chi connectivity index (χ2n) is 4.07. The van der Waals surface area contributed by atoms with Crippen molar-refractivity contribution in [3.63, 3.8) is 0 Å². The highest BCUT2D eigenvalue weighted by molar-refractivity contribution is 9.10. The number of benzene rings is 1. The van der Waals surface area contributed by atoms with Gasteiger partial charge in [0.25, 0.3) is 0 Å². The van der Waals surface area contributed by atoms with Crippen LogP contribution in [-0.4, -0.2) is 14.2 Å². The quantitative estimate of drug-likeness (QED) is 0.803. The molecular weight excluding hydrogens is 300 g/mol. The Morgan fingerprint density at radius 3 is 2.13 bits per heavy atom. The molecule has 1 rings (SSSR count). The average molecular weight is 312 g/mol. The topological polar surface area (TPSA) is 34.1 Å². The van der Waals surface area contributed by atoms with Crippen molar-refractivity contribution in [2.45, 2.75) is 19.3 Å². The molecule has 0 saturated heterocycles. The fraction of sp³-hybridized carbons (Fsp3) is 0.400. The highest BCUT2D eigenvalue weighted by atomic mass is 79.9. The summed E-state index contributed by atoms with van der Waals surface area (Å²) in [6, 6.07) is 7.56. The van der Waals surface area contributed by atoms with E-state index in [4.69, 9.17) is 10.7 Å². The lowest BCUT2D eigenvalue weighted by Crippen LogP contribution is -2.25. The van der Waals surface area contributed by atoms with E-state index >= 15 is 0 Å². The molecule has 5 heteroatoms. The summed E-state index contributed by atoms with van der Waals surface area (Å²) < 4.78 is 23.1. The van der Waals surface area contributed by atoms with Crippen molar-refractivity contribution < 1.29 is 8.42 Å². The molecule has 1 aromatic carbocycles. The first kappa shape index (κ1) is 13.0. The Labute approximate surface area is 103 Å². The maximum atomic E-state index is 11.0. The van der Waals surface area contributed by atoms with Crippen LogP contribution in [0.25, 0.3) is 0 Å². The summed E-state index contributed by atoms with van der Waals surface area (Å²) in [4.78, 5) is 0. The summed E-state index contributed by atoms with van der Waals surface area (Å²) in [6.45, 7) is 3.71. The fourth-order valence-electron chi connectivity index (χ4n) is 1.42. The maximum Gasteiger partial charge on any atom is 0.233 e. The lowest BCUT2D eigenvalue weighted by Gasteiger charge is -2.23. The molecule has 0 aliphatic rings. The van der Waals surface area contributed by atoms with Crippen molar-refractivity contribution in [2.24, 2.45) is 0 Å². The Morgan fingerprint density at radius 1 is 1.27 bits per heavy atom. The molecule has 0 unspecified atom stereocenters. The van der Waals surface area contributed by atoms with Gasteiger partial charge >= 0.3 is 0 Å². The highest BCUT2D eigenvalue weighted by Crippen LogP contribution is 2.27. The minimum absolute atomic E-state index is 0.0663. The lowest BCUT2D eigenvalue weighted by atomic mass is 9.87. The van der Waals surface area contributed by atoms with E-state index in [0.29, 0.717) is 0 Å². The highest BCUT2D eigenvalue weighted by Gasteiger charge is 2.26. The second kappa shape index (κ2) is 4.44. The predicted octanol–water partition coefficient (Wildman–Crippen LogP) is 3.30. The van der Waals surface area contributed by atoms with Crippen LogP contribution in [0.4, 0.5) is 0 Å². The van der Waals surface area contributed by atoms with E-state index in [1.165, 1.54) is 0 Å². The SMILES string of the molecule is CC(C)(CS(=O)(=O)Cl)c1ccc(Br)cc1. The molecule has 0 atom stereocenters. The molecule has 0 N–H and O–H groups in total. The van der Waals surface area contributed by atoms with Crippen molar-refractivity contribution in [2.75, 3.05) is 5.75 Å². The third-order valence-corrected chi connectivity index (χ3v) is 4.08. The molecule has 0 heterocycles. The molecule has 84 valence electrons. The van der Waals surface area contributed by atoms with Crippen LogP contribution >= 0.6 is 26.6 Å². The predicted molar refractivity (Wildman–Crippen MR) is 66.8 cm³/mol. The molecule has 0 aliphatic carbocycles. The van der Waals surface area contributed by atoms with Gasteiger partial charge in [0.1, 0.15) is 0 Å². The van der Waals surface area contributed by atoms with Gasteiger partial charge in [0.05, 0.1) is 5.75 Å². The van der Waals surface area contributed by atoms with Crippen LogP contribution < -0.4 is 0 Å². The smallest absolute Gasteiger partial charge is 0.212 e. The van der Waals surface area contributed by atoms with E-state index in [1.54, 1.807) is 0 Å². The number of halogens is 2. The molecular formula is C10H12BrClO2S. The van der Waals surface area contributed by atoms with Crippen LogP contribution in [0.1, 0.15) is 19.4 Å². The Morgan fingerprint density at radius 2 is 1.73 bits per heavy atom. The molecule has 0 amide bonds. The molecule has 1 aromatic rings. The first-order chi connectivity index (χ1) is 6.71. The van der Waals surface area contributed by atoms with Crippen molar-refractivity contribution in [1.29, 1.82) is 0 Å². The van der Waals surface area contributed by atoms with E-state index in [0.717, 1.165) is 10.0 Å². The first-order valence-electron chi connectivity index (χ1n) is 4.39. The summed E-state index contributed by atoms with van der Waals surface area (Å²) in [5.41, 5.74) is 0.483. The minimum Gasteiger partial charge on any atom is -0.212 e. The summed E-state index contributed by atoms with van der Waals surface area (Å²) >= 11 is 3.33. The van der Waals surface area contributed by atoms with Crippen LogP contribution in [0.15, 0.2) is 28.7 Å². The molecule has 0 radical (unpaired) electrons. The van der Waals surface area contributed by atoms with Gasteiger partial charge < -0.3 is 0 Å². The van der Waals surface area contributed by atoms with Gasteiger partial charge in [-0.25, -0.2) is 8.42 Å². The Hall–Kier alpha value is -0.0600. The molecule has 2 nitrogen and oxygen atoms in total. The number of hydrogen-bond donors (Lipinski definition) is 0. The van der Waals surface area contributed by atoms with Gasteiger partial charge in [-0.1, -0.05) is 41.9 Å². The van der Waals surface area contributed by atoms with Crippen LogP contribution in [0, 0.1) is 0 Å². The van der Waals surface area contributed by atoms with Gasteiger partial charge in [-0.3, -0.25) is 0 Å². The Kier molecular flexibility index (Phi) is 3.85. The Bertz CT molecular complexity index is 437. The van der Waals surface area contributed by atoms with E-state index < -0.39 is 14.5 Å². The zero-order chi connectivity index (χ0) is 11.7. The third kappa shape index (κ3) is 4.13. The Balaban J connectivity index is 3.00. The zero-order valence-electron chi connectivity index (χ0n) is 8.50. The van der Waals surface area contributed by atoms with E-state index in [9.17, 15) is 8.42 Å². The van der Waals surface area contributed by atoms with Crippen LogP contribution in [0.5, 0.6) is 0 Å². The number of rotatable bonds is 3. The molecule has 0 bridgehead atoms. The van der Waals surface area contributed by atoms with Crippen molar-refractivity contribution in [1.82, 2.24) is 0 Å². The fourth-order valence-corrected chi connectivity index (χ4v) is 3.53. The van der Waals surface area contributed by atoms with Crippen molar-refractivity contribution in [3.8, 4) is 0 Å². The summed E-state index contributed by atoms with van der Waals surface area (Å²) in [5.74, 6) is -0.0663. The van der Waals surface area contributed by atoms with E-state index in [-0.39, 0.29) is 5.75 Å². The van der Waals surface area contributed by atoms with Crippen LogP contribution in [0.2, 0.25) is 0 Å². The van der Waals surface area contributed by atoms with Gasteiger partial charge in [-0.15, -0.1) is 0 Å². The summed E-state index contributed by atoms with van der Waals surface area (Å²) in [5, 5.41) is 0. The van der Waals surface area contributed by atoms with Crippen LogP contribution in [-0.2, 0) is 14.5 Å². The second-order valence-corrected chi connectivity index (χ2v) is 7.77. The average Bonchev–Trinajstić information content (AvgIpc) is 2.00. The van der Waals surface area contributed by atoms with Gasteiger partial charge in [-0.05, 0) is 17.7 Å². The molecule has 0 spiro atoms. The largest absolute Gasteiger partial charge is 0.233 e. The van der Waals surface area contributed by atoms with E-state index in [2.05, 4.69) is 15.9 Å². The standard InChI is InChI=1S/C10H12BrClO2S/c1-10(2,7-15(12,13)14)8-3-5-9(11)6-4-8/h3-6H,7H2,1-2H3. The molecule has 15 heavy (non-hydrogen) atoms. The maximum absolute atomic E-state index is 11.0. The first-order valence-corrected chi connectivity index (χ1v) is 7.66. The number of hydrogen-bond acceptors (Lipinski definition) is 2. The van der Waals surface area contributed by atoms with Gasteiger partial charge in [-0.2, -0.15) is 0 Å². The van der Waals surface area contributed by atoms with Gasteiger partial charge in [0, 0.05) is 20.6 Å². The third-order valence-electron chi connectivity index (χ3n) is 2.16. The van der Waals surface area contributed by atoms with Crippen LogP contribution in [0.3, 0.4) is 0 Å². The zero-order valence-corrected chi connectivity index (χ0v) is 11.7. The monoisotopic (exact) mass is 310 g/mol. The van der Waals surface area contributed by atoms with E-state index in [1.807, 2.05) is 38.1 Å². The molecule has 0 fully saturated rings. The van der Waals surface area contributed by atoms with Gasteiger partial charge in [0.2, 0.25) is 9.05 Å². The molecule has 0 saturated carbocycles. The molecule has 0 aromatic heterocycles. The molecule has 0 aliphatic heterocycles.